The Hall–Kier alpha value is -2.59. The molecular weight excluding hydrogens is 324 g/mol. The predicted molar refractivity (Wildman–Crippen MR) is 97.7 cm³/mol. The van der Waals surface area contributed by atoms with E-state index in [0.29, 0.717) is 10.8 Å². The zero-order valence-corrected chi connectivity index (χ0v) is 14.2. The van der Waals surface area contributed by atoms with Gasteiger partial charge in [0.25, 0.3) is 0 Å². The Morgan fingerprint density at radius 1 is 1.17 bits per heavy atom. The van der Waals surface area contributed by atoms with Crippen molar-refractivity contribution in [2.45, 2.75) is 13.0 Å². The summed E-state index contributed by atoms with van der Waals surface area (Å²) >= 11 is 6.16. The first kappa shape index (κ1) is 16.3. The maximum Gasteiger partial charge on any atom is 0.326 e. The van der Waals surface area contributed by atoms with Gasteiger partial charge in [0, 0.05) is 17.5 Å². The first-order valence-electron chi connectivity index (χ1n) is 7.59. The molecule has 1 N–H and O–H groups in total. The van der Waals surface area contributed by atoms with E-state index in [0.717, 1.165) is 22.0 Å². The highest BCUT2D eigenvalue weighted by atomic mass is 35.5. The summed E-state index contributed by atoms with van der Waals surface area (Å²) in [6.07, 6.45) is 0. The number of carboxylic acids is 1. The Morgan fingerprint density at radius 2 is 1.88 bits per heavy atom. The zero-order valence-electron chi connectivity index (χ0n) is 13.4. The molecule has 0 radical (unpaired) electrons. The Morgan fingerprint density at radius 3 is 2.54 bits per heavy atom. The van der Waals surface area contributed by atoms with Crippen LogP contribution in [0.25, 0.3) is 22.0 Å². The van der Waals surface area contributed by atoms with E-state index in [2.05, 4.69) is 4.98 Å². The molecule has 0 bridgehead atoms. The van der Waals surface area contributed by atoms with Crippen molar-refractivity contribution < 1.29 is 9.90 Å². The highest BCUT2D eigenvalue weighted by molar-refractivity contribution is 6.31. The summed E-state index contributed by atoms with van der Waals surface area (Å²) in [7, 11) is 1.73. The van der Waals surface area contributed by atoms with E-state index in [1.165, 1.54) is 0 Å². The zero-order chi connectivity index (χ0) is 17.3. The van der Waals surface area contributed by atoms with Crippen molar-refractivity contribution in [3.8, 4) is 11.1 Å². The lowest BCUT2D eigenvalue weighted by Crippen LogP contribution is -2.36. The number of carboxylic acid groups (broad SMARTS) is 1. The first-order valence-corrected chi connectivity index (χ1v) is 7.96. The van der Waals surface area contributed by atoms with Crippen LogP contribution in [0.5, 0.6) is 0 Å². The van der Waals surface area contributed by atoms with Crippen molar-refractivity contribution in [2.24, 2.45) is 0 Å². The molecule has 1 unspecified atom stereocenters. The van der Waals surface area contributed by atoms with Gasteiger partial charge in [-0.2, -0.15) is 0 Å². The molecule has 5 heteroatoms. The second-order valence-corrected chi connectivity index (χ2v) is 6.12. The van der Waals surface area contributed by atoms with Crippen LogP contribution in [0, 0.1) is 0 Å². The van der Waals surface area contributed by atoms with Crippen molar-refractivity contribution in [3.63, 3.8) is 0 Å². The lowest BCUT2D eigenvalue weighted by molar-refractivity contribution is -0.138. The van der Waals surface area contributed by atoms with Gasteiger partial charge in [0.2, 0.25) is 0 Å². The van der Waals surface area contributed by atoms with Crippen LogP contribution in [0.2, 0.25) is 5.02 Å². The number of nitrogens with zero attached hydrogens (tertiary/aromatic N) is 2. The van der Waals surface area contributed by atoms with E-state index in [9.17, 15) is 9.90 Å². The van der Waals surface area contributed by atoms with Gasteiger partial charge < -0.3 is 10.0 Å². The Bertz CT molecular complexity index is 897. The molecule has 1 atom stereocenters. The van der Waals surface area contributed by atoms with Gasteiger partial charge in [0.15, 0.2) is 0 Å². The Kier molecular flexibility index (Phi) is 4.40. The minimum absolute atomic E-state index is 0.610. The Balaban J connectivity index is 2.24. The number of aromatic nitrogens is 1. The third-order valence-electron chi connectivity index (χ3n) is 4.14. The van der Waals surface area contributed by atoms with E-state index < -0.39 is 12.0 Å². The highest BCUT2D eigenvalue weighted by Gasteiger charge is 2.20. The molecule has 1 heterocycles. The van der Waals surface area contributed by atoms with Crippen LogP contribution in [-0.2, 0) is 4.79 Å². The van der Waals surface area contributed by atoms with Crippen LogP contribution >= 0.6 is 11.6 Å². The number of pyridine rings is 1. The lowest BCUT2D eigenvalue weighted by atomic mass is 10.0. The summed E-state index contributed by atoms with van der Waals surface area (Å²) in [6.45, 7) is 1.64. The Labute approximate surface area is 145 Å². The van der Waals surface area contributed by atoms with Gasteiger partial charge in [0.05, 0.1) is 5.52 Å². The van der Waals surface area contributed by atoms with E-state index >= 15 is 0 Å². The molecule has 0 amide bonds. The summed E-state index contributed by atoms with van der Waals surface area (Å²) in [4.78, 5) is 17.6. The van der Waals surface area contributed by atoms with Crippen molar-refractivity contribution in [1.82, 2.24) is 4.98 Å². The summed E-state index contributed by atoms with van der Waals surface area (Å²) in [5.74, 6) is -0.282. The number of benzene rings is 2. The van der Waals surface area contributed by atoms with Gasteiger partial charge >= 0.3 is 5.97 Å². The molecule has 0 saturated heterocycles. The highest BCUT2D eigenvalue weighted by Crippen LogP contribution is 2.33. The number of hydrogen-bond donors (Lipinski definition) is 1. The number of hydrogen-bond acceptors (Lipinski definition) is 3. The largest absolute Gasteiger partial charge is 0.480 e. The van der Waals surface area contributed by atoms with Gasteiger partial charge in [0.1, 0.15) is 11.9 Å². The third kappa shape index (κ3) is 3.05. The number of rotatable bonds is 4. The molecule has 0 aliphatic rings. The van der Waals surface area contributed by atoms with Crippen molar-refractivity contribution >= 4 is 34.3 Å². The fraction of sp³-hybridized carbons (Fsp3) is 0.158. The van der Waals surface area contributed by atoms with Crippen molar-refractivity contribution in [2.75, 3.05) is 11.9 Å². The summed E-state index contributed by atoms with van der Waals surface area (Å²) in [6, 6.07) is 16.7. The van der Waals surface area contributed by atoms with E-state index in [1.807, 2.05) is 48.5 Å². The van der Waals surface area contributed by atoms with E-state index in [4.69, 9.17) is 11.6 Å². The number of aliphatic carboxylic acids is 1. The molecular formula is C19H17ClN2O2. The SMILES string of the molecule is CC(C(=O)O)N(C)c1cc(-c2ccccc2)c2cc(Cl)ccc2n1. The van der Waals surface area contributed by atoms with Crippen LogP contribution in [0.3, 0.4) is 0 Å². The average molecular weight is 341 g/mol. The van der Waals surface area contributed by atoms with E-state index in [1.54, 1.807) is 24.9 Å². The summed E-state index contributed by atoms with van der Waals surface area (Å²) in [5.41, 5.74) is 2.78. The third-order valence-corrected chi connectivity index (χ3v) is 4.38. The normalized spacial score (nSPS) is 12.1. The molecule has 0 saturated carbocycles. The standard InChI is InChI=1S/C19H17ClN2O2/c1-12(19(23)24)22(2)18-11-15(13-6-4-3-5-7-13)16-10-14(20)8-9-17(16)21-18/h3-12H,1-2H3,(H,23,24). The van der Waals surface area contributed by atoms with Gasteiger partial charge in [-0.25, -0.2) is 9.78 Å². The monoisotopic (exact) mass is 340 g/mol. The molecule has 0 aliphatic carbocycles. The number of fused-ring (bicyclic) bond motifs is 1. The van der Waals surface area contributed by atoms with Crippen LogP contribution < -0.4 is 4.90 Å². The second kappa shape index (κ2) is 6.49. The van der Waals surface area contributed by atoms with Crippen molar-refractivity contribution in [1.29, 1.82) is 0 Å². The van der Waals surface area contributed by atoms with E-state index in [-0.39, 0.29) is 0 Å². The average Bonchev–Trinajstić information content (AvgIpc) is 2.60. The van der Waals surface area contributed by atoms with Gasteiger partial charge in [-0.05, 0) is 42.3 Å². The van der Waals surface area contributed by atoms with Crippen LogP contribution in [-0.4, -0.2) is 29.1 Å². The minimum atomic E-state index is -0.892. The topological polar surface area (TPSA) is 53.4 Å². The number of likely N-dealkylation sites (N-methyl/N-ethyl adjacent to an activating group) is 1. The van der Waals surface area contributed by atoms with Gasteiger partial charge in [-0.1, -0.05) is 41.9 Å². The fourth-order valence-electron chi connectivity index (χ4n) is 2.59. The summed E-state index contributed by atoms with van der Waals surface area (Å²) in [5, 5.41) is 10.8. The lowest BCUT2D eigenvalue weighted by Gasteiger charge is -2.24. The fourth-order valence-corrected chi connectivity index (χ4v) is 2.76. The first-order chi connectivity index (χ1) is 11.5. The van der Waals surface area contributed by atoms with Crippen LogP contribution in [0.15, 0.2) is 54.6 Å². The number of carbonyl (C=O) groups is 1. The molecule has 4 nitrogen and oxygen atoms in total. The maximum atomic E-state index is 11.3. The van der Waals surface area contributed by atoms with Crippen molar-refractivity contribution in [3.05, 3.63) is 59.6 Å². The van der Waals surface area contributed by atoms with Crippen LogP contribution in [0.4, 0.5) is 5.82 Å². The molecule has 1 aromatic heterocycles. The van der Waals surface area contributed by atoms with Gasteiger partial charge in [-0.3, -0.25) is 0 Å². The van der Waals surface area contributed by atoms with Crippen LogP contribution in [0.1, 0.15) is 6.92 Å². The molecule has 122 valence electrons. The molecule has 0 spiro atoms. The molecule has 0 fully saturated rings. The molecule has 3 aromatic rings. The molecule has 0 aliphatic heterocycles. The summed E-state index contributed by atoms with van der Waals surface area (Å²) < 4.78 is 0. The maximum absolute atomic E-state index is 11.3. The number of halogens is 1. The minimum Gasteiger partial charge on any atom is -0.480 e. The molecule has 24 heavy (non-hydrogen) atoms. The smallest absolute Gasteiger partial charge is 0.326 e. The molecule has 2 aromatic carbocycles. The number of anilines is 1. The molecule has 3 rings (SSSR count). The quantitative estimate of drug-likeness (QED) is 0.761. The van der Waals surface area contributed by atoms with Gasteiger partial charge in [-0.15, -0.1) is 0 Å². The predicted octanol–water partition coefficient (Wildman–Crippen LogP) is 4.46. The second-order valence-electron chi connectivity index (χ2n) is 5.68.